The van der Waals surface area contributed by atoms with Crippen molar-refractivity contribution >= 4 is 29.2 Å². The van der Waals surface area contributed by atoms with Gasteiger partial charge in [0.25, 0.3) is 0 Å². The minimum atomic E-state index is -1.07. The third kappa shape index (κ3) is 4.40. The number of carbonyl (C=O) groups excluding carboxylic acids is 2. The normalized spacial score (nSPS) is 16.0. The summed E-state index contributed by atoms with van der Waals surface area (Å²) < 4.78 is 10.4. The SMILES string of the molecule is COc1ccccc1N1CC(C(=O)Nc2ccc(OCC(=O)O)cc2)CC1=O. The van der Waals surface area contributed by atoms with Gasteiger partial charge in [0.15, 0.2) is 6.61 Å². The first kappa shape index (κ1) is 19.2. The van der Waals surface area contributed by atoms with E-state index in [-0.39, 0.29) is 24.8 Å². The molecular formula is C20H20N2O6. The quantitative estimate of drug-likeness (QED) is 0.758. The van der Waals surface area contributed by atoms with Gasteiger partial charge in [0.2, 0.25) is 11.8 Å². The molecule has 0 aromatic heterocycles. The fourth-order valence-corrected chi connectivity index (χ4v) is 2.99. The molecule has 1 fully saturated rings. The van der Waals surface area contributed by atoms with E-state index in [0.717, 1.165) is 0 Å². The molecular weight excluding hydrogens is 364 g/mol. The first-order valence-corrected chi connectivity index (χ1v) is 8.67. The molecule has 2 aromatic carbocycles. The van der Waals surface area contributed by atoms with E-state index in [1.165, 1.54) is 7.11 Å². The minimum Gasteiger partial charge on any atom is -0.495 e. The van der Waals surface area contributed by atoms with E-state index in [2.05, 4.69) is 5.32 Å². The summed E-state index contributed by atoms with van der Waals surface area (Å²) in [5.41, 5.74) is 1.18. The zero-order valence-corrected chi connectivity index (χ0v) is 15.3. The molecule has 3 rings (SSSR count). The van der Waals surface area contributed by atoms with Gasteiger partial charge in [-0.3, -0.25) is 9.59 Å². The number of nitrogens with one attached hydrogen (secondary N) is 1. The van der Waals surface area contributed by atoms with Gasteiger partial charge in [0.05, 0.1) is 18.7 Å². The molecule has 1 unspecified atom stereocenters. The molecule has 28 heavy (non-hydrogen) atoms. The van der Waals surface area contributed by atoms with Crippen molar-refractivity contribution in [1.29, 1.82) is 0 Å². The number of anilines is 2. The van der Waals surface area contributed by atoms with E-state index in [1.54, 1.807) is 41.3 Å². The summed E-state index contributed by atoms with van der Waals surface area (Å²) in [5, 5.41) is 11.4. The van der Waals surface area contributed by atoms with Gasteiger partial charge in [0.1, 0.15) is 11.5 Å². The lowest BCUT2D eigenvalue weighted by Crippen LogP contribution is -2.28. The van der Waals surface area contributed by atoms with Crippen molar-refractivity contribution in [2.45, 2.75) is 6.42 Å². The number of benzene rings is 2. The lowest BCUT2D eigenvalue weighted by Gasteiger charge is -2.19. The Morgan fingerprint density at radius 3 is 2.57 bits per heavy atom. The zero-order valence-electron chi connectivity index (χ0n) is 15.3. The van der Waals surface area contributed by atoms with E-state index in [1.807, 2.05) is 12.1 Å². The van der Waals surface area contributed by atoms with Crippen molar-refractivity contribution in [1.82, 2.24) is 0 Å². The predicted molar refractivity (Wildman–Crippen MR) is 102 cm³/mol. The summed E-state index contributed by atoms with van der Waals surface area (Å²) in [6, 6.07) is 13.5. The number of carboxylic acids is 1. The molecule has 2 N–H and O–H groups in total. The summed E-state index contributed by atoms with van der Waals surface area (Å²) in [5.74, 6) is -0.983. The molecule has 0 aliphatic carbocycles. The highest BCUT2D eigenvalue weighted by atomic mass is 16.5. The second-order valence-corrected chi connectivity index (χ2v) is 6.27. The topological polar surface area (TPSA) is 105 Å². The highest BCUT2D eigenvalue weighted by Crippen LogP contribution is 2.33. The van der Waals surface area contributed by atoms with E-state index in [9.17, 15) is 14.4 Å². The van der Waals surface area contributed by atoms with Gasteiger partial charge in [-0.2, -0.15) is 0 Å². The number of hydrogen-bond donors (Lipinski definition) is 2. The molecule has 1 saturated heterocycles. The van der Waals surface area contributed by atoms with Crippen LogP contribution in [0.4, 0.5) is 11.4 Å². The maximum absolute atomic E-state index is 12.6. The number of methoxy groups -OCH3 is 1. The van der Waals surface area contributed by atoms with Crippen molar-refractivity contribution < 1.29 is 29.0 Å². The van der Waals surface area contributed by atoms with Crippen LogP contribution in [-0.2, 0) is 14.4 Å². The van der Waals surface area contributed by atoms with Gasteiger partial charge >= 0.3 is 5.97 Å². The monoisotopic (exact) mass is 384 g/mol. The van der Waals surface area contributed by atoms with Crippen LogP contribution in [0, 0.1) is 5.92 Å². The van der Waals surface area contributed by atoms with E-state index >= 15 is 0 Å². The minimum absolute atomic E-state index is 0.115. The zero-order chi connectivity index (χ0) is 20.1. The van der Waals surface area contributed by atoms with Crippen molar-refractivity contribution in [3.05, 3.63) is 48.5 Å². The Hall–Kier alpha value is -3.55. The van der Waals surface area contributed by atoms with Crippen molar-refractivity contribution in [3.63, 3.8) is 0 Å². The van der Waals surface area contributed by atoms with Crippen LogP contribution in [0.1, 0.15) is 6.42 Å². The molecule has 1 heterocycles. The van der Waals surface area contributed by atoms with Gasteiger partial charge in [-0.25, -0.2) is 4.79 Å². The van der Waals surface area contributed by atoms with Gasteiger partial charge < -0.3 is 24.8 Å². The average molecular weight is 384 g/mol. The molecule has 0 radical (unpaired) electrons. The Bertz CT molecular complexity index is 881. The van der Waals surface area contributed by atoms with Crippen molar-refractivity contribution in [2.24, 2.45) is 5.92 Å². The second kappa shape index (κ2) is 8.43. The first-order valence-electron chi connectivity index (χ1n) is 8.67. The number of ether oxygens (including phenoxy) is 2. The van der Waals surface area contributed by atoms with Crippen molar-refractivity contribution in [3.8, 4) is 11.5 Å². The highest BCUT2D eigenvalue weighted by Gasteiger charge is 2.36. The average Bonchev–Trinajstić information content (AvgIpc) is 3.09. The maximum atomic E-state index is 12.6. The van der Waals surface area contributed by atoms with Crippen LogP contribution in [0.25, 0.3) is 0 Å². The number of carbonyl (C=O) groups is 3. The summed E-state index contributed by atoms with van der Waals surface area (Å²) in [7, 11) is 1.54. The molecule has 1 aliphatic heterocycles. The highest BCUT2D eigenvalue weighted by molar-refractivity contribution is 6.04. The van der Waals surface area contributed by atoms with E-state index in [0.29, 0.717) is 22.9 Å². The molecule has 2 amide bonds. The maximum Gasteiger partial charge on any atom is 0.341 e. The fourth-order valence-electron chi connectivity index (χ4n) is 2.99. The van der Waals surface area contributed by atoms with E-state index in [4.69, 9.17) is 14.6 Å². The molecule has 0 spiro atoms. The Kier molecular flexibility index (Phi) is 5.78. The molecule has 8 nitrogen and oxygen atoms in total. The summed E-state index contributed by atoms with van der Waals surface area (Å²) in [6.07, 6.45) is 0.115. The molecule has 0 bridgehead atoms. The van der Waals surface area contributed by atoms with Gasteiger partial charge in [0, 0.05) is 18.7 Å². The lowest BCUT2D eigenvalue weighted by molar-refractivity contribution is -0.139. The molecule has 0 saturated carbocycles. The van der Waals surface area contributed by atoms with Crippen LogP contribution in [0.15, 0.2) is 48.5 Å². The number of para-hydroxylation sites is 2. The lowest BCUT2D eigenvalue weighted by atomic mass is 10.1. The summed E-state index contributed by atoms with van der Waals surface area (Å²) >= 11 is 0. The Morgan fingerprint density at radius 2 is 1.89 bits per heavy atom. The number of hydrogen-bond acceptors (Lipinski definition) is 5. The number of carboxylic acid groups (broad SMARTS) is 1. The third-order valence-electron chi connectivity index (χ3n) is 4.36. The number of aliphatic carboxylic acids is 1. The molecule has 2 aromatic rings. The predicted octanol–water partition coefficient (Wildman–Crippen LogP) is 2.15. The van der Waals surface area contributed by atoms with Gasteiger partial charge in [-0.05, 0) is 36.4 Å². The van der Waals surface area contributed by atoms with Crippen LogP contribution < -0.4 is 19.7 Å². The van der Waals surface area contributed by atoms with Crippen LogP contribution in [0.3, 0.4) is 0 Å². The first-order chi connectivity index (χ1) is 13.5. The van der Waals surface area contributed by atoms with Crippen LogP contribution >= 0.6 is 0 Å². The summed E-state index contributed by atoms with van der Waals surface area (Å²) in [4.78, 5) is 37.0. The van der Waals surface area contributed by atoms with E-state index < -0.39 is 18.5 Å². The molecule has 1 aliphatic rings. The molecule has 146 valence electrons. The Balaban J connectivity index is 1.62. The van der Waals surface area contributed by atoms with Crippen LogP contribution in [0.2, 0.25) is 0 Å². The Morgan fingerprint density at radius 1 is 1.18 bits per heavy atom. The van der Waals surface area contributed by atoms with Crippen molar-refractivity contribution in [2.75, 3.05) is 30.5 Å². The van der Waals surface area contributed by atoms with Crippen LogP contribution in [-0.4, -0.2) is 43.2 Å². The fraction of sp³-hybridized carbons (Fsp3) is 0.250. The van der Waals surface area contributed by atoms with Gasteiger partial charge in [-0.15, -0.1) is 0 Å². The Labute approximate surface area is 161 Å². The van der Waals surface area contributed by atoms with Crippen LogP contribution in [0.5, 0.6) is 11.5 Å². The smallest absolute Gasteiger partial charge is 0.341 e. The number of rotatable bonds is 7. The largest absolute Gasteiger partial charge is 0.495 e. The second-order valence-electron chi connectivity index (χ2n) is 6.27. The summed E-state index contributed by atoms with van der Waals surface area (Å²) in [6.45, 7) is -0.167. The molecule has 8 heteroatoms. The third-order valence-corrected chi connectivity index (χ3v) is 4.36. The molecule has 1 atom stereocenters. The van der Waals surface area contributed by atoms with Gasteiger partial charge in [-0.1, -0.05) is 12.1 Å². The standard InChI is InChI=1S/C20H20N2O6/c1-27-17-5-3-2-4-16(17)22-11-13(10-18(22)23)20(26)21-14-6-8-15(9-7-14)28-12-19(24)25/h2-9,13H,10-12H2,1H3,(H,21,26)(H,24,25). The number of nitrogens with zero attached hydrogens (tertiary/aromatic N) is 1. The number of amides is 2.